The summed E-state index contributed by atoms with van der Waals surface area (Å²) in [4.78, 5) is 17.7. The topological polar surface area (TPSA) is 71.2 Å². The number of nitrogens with one attached hydrogen (secondary N) is 1. The van der Waals surface area contributed by atoms with Crippen molar-refractivity contribution < 1.29 is 4.79 Å². The lowest BCUT2D eigenvalue weighted by Gasteiger charge is -2.33. The van der Waals surface area contributed by atoms with E-state index in [0.29, 0.717) is 12.6 Å². The van der Waals surface area contributed by atoms with Crippen LogP contribution in [0.5, 0.6) is 0 Å². The third kappa shape index (κ3) is 3.20. The van der Waals surface area contributed by atoms with Gasteiger partial charge in [-0.25, -0.2) is 4.98 Å². The first kappa shape index (κ1) is 12.8. The zero-order chi connectivity index (χ0) is 13.0. The number of hydrogen-bond donors (Lipinski definition) is 2. The molecule has 0 spiro atoms. The van der Waals surface area contributed by atoms with Crippen molar-refractivity contribution >= 4 is 11.7 Å². The predicted molar refractivity (Wildman–Crippen MR) is 71.2 cm³/mol. The van der Waals surface area contributed by atoms with Crippen molar-refractivity contribution in [1.82, 2.24) is 10.3 Å². The molecular formula is C13H20N4O. The molecule has 1 aliphatic rings. The van der Waals surface area contributed by atoms with E-state index in [1.807, 2.05) is 18.3 Å². The van der Waals surface area contributed by atoms with Gasteiger partial charge in [0, 0.05) is 38.8 Å². The minimum Gasteiger partial charge on any atom is -0.356 e. The van der Waals surface area contributed by atoms with Crippen LogP contribution in [0.1, 0.15) is 25.3 Å². The van der Waals surface area contributed by atoms with Gasteiger partial charge in [0.15, 0.2) is 0 Å². The maximum absolute atomic E-state index is 11.0. The van der Waals surface area contributed by atoms with Gasteiger partial charge >= 0.3 is 0 Å². The molecule has 0 saturated carbocycles. The molecule has 5 nitrogen and oxygen atoms in total. The Morgan fingerprint density at radius 3 is 2.72 bits per heavy atom. The van der Waals surface area contributed by atoms with E-state index in [1.165, 1.54) is 0 Å². The lowest BCUT2D eigenvalue weighted by Crippen LogP contribution is -2.44. The minimum atomic E-state index is 0.0545. The molecule has 0 unspecified atom stereocenters. The van der Waals surface area contributed by atoms with Gasteiger partial charge in [-0.1, -0.05) is 6.07 Å². The number of hydrogen-bond acceptors (Lipinski definition) is 4. The van der Waals surface area contributed by atoms with Crippen LogP contribution in [-0.4, -0.2) is 30.0 Å². The summed E-state index contributed by atoms with van der Waals surface area (Å²) in [5.74, 6) is 1.05. The maximum atomic E-state index is 11.0. The van der Waals surface area contributed by atoms with Crippen LogP contribution in [0, 0.1) is 0 Å². The van der Waals surface area contributed by atoms with Crippen LogP contribution in [0.4, 0.5) is 5.82 Å². The van der Waals surface area contributed by atoms with Gasteiger partial charge in [-0.05, 0) is 24.5 Å². The second kappa shape index (κ2) is 5.82. The van der Waals surface area contributed by atoms with Crippen LogP contribution in [0.3, 0.4) is 0 Å². The number of pyridine rings is 1. The van der Waals surface area contributed by atoms with E-state index in [0.717, 1.165) is 37.3 Å². The fourth-order valence-electron chi connectivity index (χ4n) is 2.26. The summed E-state index contributed by atoms with van der Waals surface area (Å²) in [5, 5.41) is 2.97. The first-order valence-corrected chi connectivity index (χ1v) is 6.36. The summed E-state index contributed by atoms with van der Waals surface area (Å²) < 4.78 is 0. The molecular weight excluding hydrogens is 228 g/mol. The van der Waals surface area contributed by atoms with Crippen LogP contribution in [0.25, 0.3) is 0 Å². The number of aromatic nitrogens is 1. The molecule has 0 aliphatic carbocycles. The second-order valence-electron chi connectivity index (χ2n) is 4.69. The number of amides is 1. The van der Waals surface area contributed by atoms with E-state index in [1.54, 1.807) is 6.92 Å². The summed E-state index contributed by atoms with van der Waals surface area (Å²) in [6.45, 7) is 3.96. The van der Waals surface area contributed by atoms with Gasteiger partial charge < -0.3 is 16.0 Å². The molecule has 0 aromatic carbocycles. The van der Waals surface area contributed by atoms with Crippen molar-refractivity contribution in [3.05, 3.63) is 23.9 Å². The molecule has 2 rings (SSSR count). The quantitative estimate of drug-likeness (QED) is 0.823. The Hall–Kier alpha value is -1.62. The van der Waals surface area contributed by atoms with Gasteiger partial charge in [0.25, 0.3) is 0 Å². The number of nitrogens with zero attached hydrogens (tertiary/aromatic N) is 2. The van der Waals surface area contributed by atoms with Crippen LogP contribution in [0.2, 0.25) is 0 Å². The molecule has 1 aliphatic heterocycles. The standard InChI is InChI=1S/C13H20N4O/c1-10(18)16-12-4-6-17(7-5-12)13-3-2-11(8-14)9-15-13/h2-3,9,12H,4-8,14H2,1H3,(H,16,18). The van der Waals surface area contributed by atoms with Gasteiger partial charge in [0.2, 0.25) is 5.91 Å². The third-order valence-electron chi connectivity index (χ3n) is 3.27. The van der Waals surface area contributed by atoms with Crippen LogP contribution < -0.4 is 16.0 Å². The summed E-state index contributed by atoms with van der Waals surface area (Å²) in [5.41, 5.74) is 6.60. The summed E-state index contributed by atoms with van der Waals surface area (Å²) in [6.07, 6.45) is 3.77. The van der Waals surface area contributed by atoms with Crippen molar-refractivity contribution in [1.29, 1.82) is 0 Å². The normalized spacial score (nSPS) is 16.7. The Balaban J connectivity index is 1.90. The Bertz CT molecular complexity index is 396. The minimum absolute atomic E-state index is 0.0545. The first-order valence-electron chi connectivity index (χ1n) is 6.36. The van der Waals surface area contributed by atoms with Gasteiger partial charge in [-0.3, -0.25) is 4.79 Å². The molecule has 1 aromatic heterocycles. The fraction of sp³-hybridized carbons (Fsp3) is 0.538. The average molecular weight is 248 g/mol. The second-order valence-corrected chi connectivity index (χ2v) is 4.69. The molecule has 1 saturated heterocycles. The van der Waals surface area contributed by atoms with E-state index >= 15 is 0 Å². The molecule has 0 bridgehead atoms. The molecule has 98 valence electrons. The lowest BCUT2D eigenvalue weighted by molar-refractivity contribution is -0.119. The molecule has 3 N–H and O–H groups in total. The lowest BCUT2D eigenvalue weighted by atomic mass is 10.1. The number of rotatable bonds is 3. The Kier molecular flexibility index (Phi) is 4.15. The van der Waals surface area contributed by atoms with E-state index < -0.39 is 0 Å². The summed E-state index contributed by atoms with van der Waals surface area (Å²) in [7, 11) is 0. The van der Waals surface area contributed by atoms with E-state index in [2.05, 4.69) is 15.2 Å². The van der Waals surface area contributed by atoms with Crippen molar-refractivity contribution in [2.24, 2.45) is 5.73 Å². The van der Waals surface area contributed by atoms with E-state index in [4.69, 9.17) is 5.73 Å². The monoisotopic (exact) mass is 248 g/mol. The molecule has 0 radical (unpaired) electrons. The summed E-state index contributed by atoms with van der Waals surface area (Å²) >= 11 is 0. The molecule has 2 heterocycles. The van der Waals surface area contributed by atoms with Gasteiger partial charge in [0.05, 0.1) is 0 Å². The SMILES string of the molecule is CC(=O)NC1CCN(c2ccc(CN)cn2)CC1. The highest BCUT2D eigenvalue weighted by atomic mass is 16.1. The maximum Gasteiger partial charge on any atom is 0.217 e. The zero-order valence-corrected chi connectivity index (χ0v) is 10.7. The summed E-state index contributed by atoms with van der Waals surface area (Å²) in [6, 6.07) is 4.34. The molecule has 1 amide bonds. The smallest absolute Gasteiger partial charge is 0.217 e. The Morgan fingerprint density at radius 2 is 2.22 bits per heavy atom. The zero-order valence-electron chi connectivity index (χ0n) is 10.7. The molecule has 18 heavy (non-hydrogen) atoms. The number of nitrogens with two attached hydrogens (primary N) is 1. The highest BCUT2D eigenvalue weighted by molar-refractivity contribution is 5.73. The van der Waals surface area contributed by atoms with Crippen molar-refractivity contribution in [3.8, 4) is 0 Å². The average Bonchev–Trinajstić information content (AvgIpc) is 2.39. The highest BCUT2D eigenvalue weighted by Gasteiger charge is 2.20. The Morgan fingerprint density at radius 1 is 1.50 bits per heavy atom. The largest absolute Gasteiger partial charge is 0.356 e. The molecule has 1 fully saturated rings. The molecule has 0 atom stereocenters. The fourth-order valence-corrected chi connectivity index (χ4v) is 2.26. The molecule has 1 aromatic rings. The van der Waals surface area contributed by atoms with Crippen molar-refractivity contribution in [3.63, 3.8) is 0 Å². The van der Waals surface area contributed by atoms with Crippen LogP contribution in [0.15, 0.2) is 18.3 Å². The van der Waals surface area contributed by atoms with Crippen LogP contribution in [-0.2, 0) is 11.3 Å². The van der Waals surface area contributed by atoms with Gasteiger partial charge in [-0.2, -0.15) is 0 Å². The van der Waals surface area contributed by atoms with E-state index in [9.17, 15) is 4.79 Å². The van der Waals surface area contributed by atoms with Crippen molar-refractivity contribution in [2.75, 3.05) is 18.0 Å². The number of carbonyl (C=O) groups is 1. The van der Waals surface area contributed by atoms with Crippen LogP contribution >= 0.6 is 0 Å². The van der Waals surface area contributed by atoms with Gasteiger partial charge in [0.1, 0.15) is 5.82 Å². The number of carbonyl (C=O) groups excluding carboxylic acids is 1. The predicted octanol–water partition coefficient (Wildman–Crippen LogP) is 0.645. The van der Waals surface area contributed by atoms with Gasteiger partial charge in [-0.15, -0.1) is 0 Å². The number of piperidine rings is 1. The Labute approximate surface area is 107 Å². The van der Waals surface area contributed by atoms with E-state index in [-0.39, 0.29) is 5.91 Å². The number of anilines is 1. The highest BCUT2D eigenvalue weighted by Crippen LogP contribution is 2.17. The van der Waals surface area contributed by atoms with Crippen molar-refractivity contribution in [2.45, 2.75) is 32.4 Å². The first-order chi connectivity index (χ1) is 8.69. The molecule has 5 heteroatoms. The third-order valence-corrected chi connectivity index (χ3v) is 3.27.